The highest BCUT2D eigenvalue weighted by atomic mass is 31.2. The number of nitrogens with two attached hydrogens (primary N) is 1. The first-order valence-electron chi connectivity index (χ1n) is 16.6. The molecule has 0 bridgehead atoms. The van der Waals surface area contributed by atoms with Crippen molar-refractivity contribution in [2.45, 2.75) is 76.0 Å². The maximum Gasteiger partial charge on any atom is 0.469 e. The molecule has 0 aliphatic carbocycles. The van der Waals surface area contributed by atoms with Crippen molar-refractivity contribution in [3.05, 3.63) is 124 Å². The van der Waals surface area contributed by atoms with Crippen LogP contribution in [0, 0.1) is 6.92 Å². The van der Waals surface area contributed by atoms with E-state index in [1.807, 2.05) is 91.9 Å². The van der Waals surface area contributed by atoms with Gasteiger partial charge in [-0.15, -0.1) is 0 Å². The van der Waals surface area contributed by atoms with E-state index in [2.05, 4.69) is 48.8 Å². The molecule has 270 valence electrons. The molecule has 6 rings (SSSR count). The van der Waals surface area contributed by atoms with E-state index >= 15 is 0 Å². The molecule has 1 aliphatic heterocycles. The van der Waals surface area contributed by atoms with E-state index in [4.69, 9.17) is 24.2 Å². The monoisotopic (exact) mass is 733 g/mol. The number of phosphoric acid groups is 1. The average Bonchev–Trinajstić information content (AvgIpc) is 3.63. The second kappa shape index (κ2) is 13.9. The van der Waals surface area contributed by atoms with Crippen LogP contribution in [0.4, 0.5) is 5.95 Å². The number of benzene rings is 3. The maximum absolute atomic E-state index is 12.8. The number of H-pyrrole nitrogens is 1. The lowest BCUT2D eigenvalue weighted by Gasteiger charge is -2.44. The number of aromatic amines is 1. The molecule has 51 heavy (non-hydrogen) atoms. The molecule has 2 aromatic heterocycles. The largest absolute Gasteiger partial charge is 0.469 e. The Morgan fingerprint density at radius 1 is 0.941 bits per heavy atom. The SMILES string of the molecule is Cc1ccc(C(O[C@@H]2C(COP(=O)(O)O)O[C@@H](n3cnc4c(=O)[nH]c(N)nc43)[C@@H]2O[Si](C)(C)C(C)(C)C)(c2ccccc2)c2ccccc2)cc1. The van der Waals surface area contributed by atoms with E-state index in [1.54, 1.807) is 4.57 Å². The number of nitrogens with one attached hydrogen (secondary N) is 1. The van der Waals surface area contributed by atoms with Crippen molar-refractivity contribution >= 4 is 33.3 Å². The van der Waals surface area contributed by atoms with Gasteiger partial charge in [-0.05, 0) is 41.7 Å². The summed E-state index contributed by atoms with van der Waals surface area (Å²) in [6.07, 6.45) is -2.64. The van der Waals surface area contributed by atoms with Gasteiger partial charge in [-0.1, -0.05) is 111 Å². The molecule has 13 nitrogen and oxygen atoms in total. The van der Waals surface area contributed by atoms with Gasteiger partial charge >= 0.3 is 7.82 Å². The topological polar surface area (TPSA) is 184 Å². The highest BCUT2D eigenvalue weighted by molar-refractivity contribution is 7.46. The van der Waals surface area contributed by atoms with Gasteiger partial charge in [-0.3, -0.25) is 18.9 Å². The first-order chi connectivity index (χ1) is 24.0. The second-order valence-corrected chi connectivity index (χ2v) is 20.3. The summed E-state index contributed by atoms with van der Waals surface area (Å²) < 4.78 is 40.3. The summed E-state index contributed by atoms with van der Waals surface area (Å²) in [4.78, 5) is 43.7. The molecular weight excluding hydrogens is 689 g/mol. The zero-order chi connectivity index (χ0) is 36.8. The molecule has 1 fully saturated rings. The summed E-state index contributed by atoms with van der Waals surface area (Å²) in [5.74, 6) is -0.116. The fraction of sp³-hybridized carbons (Fsp3) is 0.361. The number of aromatic nitrogens is 4. The lowest BCUT2D eigenvalue weighted by Crippen LogP contribution is -2.52. The van der Waals surface area contributed by atoms with Gasteiger partial charge in [0.25, 0.3) is 5.56 Å². The summed E-state index contributed by atoms with van der Waals surface area (Å²) >= 11 is 0. The standard InChI is InChI=1S/C36H44N5O8PSi/c1-23-17-19-26(20-18-23)36(24-13-9-7-10-14-24,25-15-11-8-12-16-25)48-29-27(21-46-50(43,44)45)47-33(30(29)49-51(5,6)35(2,3)4)41-22-38-28-31(41)39-34(37)40-32(28)42/h7-20,22,27,29-30,33H,21H2,1-6H3,(H2,43,44,45)(H3,37,39,40,42)/t27?,29-,30-,33-/m1/s1. The van der Waals surface area contributed by atoms with Crippen LogP contribution < -0.4 is 11.3 Å². The molecule has 1 saturated heterocycles. The minimum absolute atomic E-state index is 0.0360. The lowest BCUT2D eigenvalue weighted by atomic mass is 9.79. The first kappa shape index (κ1) is 36.8. The average molecular weight is 734 g/mol. The Bertz CT molecular complexity index is 2040. The molecule has 0 radical (unpaired) electrons. The van der Waals surface area contributed by atoms with Crippen molar-refractivity contribution in [2.75, 3.05) is 12.3 Å². The third-order valence-electron chi connectivity index (χ3n) is 9.79. The molecule has 4 atom stereocenters. The van der Waals surface area contributed by atoms with Gasteiger partial charge < -0.3 is 29.4 Å². The molecule has 0 amide bonds. The lowest BCUT2D eigenvalue weighted by molar-refractivity contribution is -0.109. The number of nitrogens with zero attached hydrogens (tertiary/aromatic N) is 3. The van der Waals surface area contributed by atoms with Gasteiger partial charge in [-0.2, -0.15) is 4.98 Å². The highest BCUT2D eigenvalue weighted by Gasteiger charge is 2.55. The summed E-state index contributed by atoms with van der Waals surface area (Å²) in [6.45, 7) is 12.0. The molecule has 3 heterocycles. The van der Waals surface area contributed by atoms with Crippen LogP contribution in [0.25, 0.3) is 11.2 Å². The Morgan fingerprint density at radius 3 is 2.06 bits per heavy atom. The third kappa shape index (κ3) is 7.37. The molecule has 3 aromatic carbocycles. The van der Waals surface area contributed by atoms with Crippen molar-refractivity contribution in [3.8, 4) is 0 Å². The third-order valence-corrected chi connectivity index (χ3v) is 14.7. The van der Waals surface area contributed by atoms with Crippen LogP contribution in [0.5, 0.6) is 0 Å². The summed E-state index contributed by atoms with van der Waals surface area (Å²) in [6, 6.07) is 27.5. The van der Waals surface area contributed by atoms with E-state index in [9.17, 15) is 19.1 Å². The summed E-state index contributed by atoms with van der Waals surface area (Å²) in [5, 5.41) is -0.272. The van der Waals surface area contributed by atoms with Crippen molar-refractivity contribution in [1.29, 1.82) is 0 Å². The molecule has 1 unspecified atom stereocenters. The molecule has 0 spiro atoms. The van der Waals surface area contributed by atoms with E-state index < -0.39 is 58.4 Å². The fourth-order valence-corrected chi connectivity index (χ4v) is 7.82. The predicted molar refractivity (Wildman–Crippen MR) is 195 cm³/mol. The highest BCUT2D eigenvalue weighted by Crippen LogP contribution is 2.49. The number of nitrogen functional groups attached to an aromatic ring is 1. The van der Waals surface area contributed by atoms with Crippen LogP contribution in [0.3, 0.4) is 0 Å². The molecule has 1 aliphatic rings. The number of aryl methyl sites for hydroxylation is 1. The van der Waals surface area contributed by atoms with E-state index in [-0.39, 0.29) is 22.2 Å². The van der Waals surface area contributed by atoms with Crippen LogP contribution in [0.1, 0.15) is 49.3 Å². The number of hydrogen-bond donors (Lipinski definition) is 4. The second-order valence-electron chi connectivity index (χ2n) is 14.3. The molecule has 15 heteroatoms. The zero-order valence-corrected chi connectivity index (χ0v) is 31.3. The van der Waals surface area contributed by atoms with Gasteiger partial charge in [0.05, 0.1) is 12.9 Å². The maximum atomic E-state index is 12.8. The number of hydrogen-bond acceptors (Lipinski definition) is 9. The van der Waals surface area contributed by atoms with Crippen LogP contribution in [0.15, 0.2) is 96.1 Å². The normalized spacial score (nSPS) is 20.2. The van der Waals surface area contributed by atoms with Crippen LogP contribution in [-0.2, 0) is 28.6 Å². The molecule has 5 aromatic rings. The Hall–Kier alpha value is -3.98. The fourth-order valence-electron chi connectivity index (χ4n) is 6.19. The van der Waals surface area contributed by atoms with Crippen LogP contribution >= 0.6 is 7.82 Å². The van der Waals surface area contributed by atoms with Gasteiger partial charge in [0.1, 0.15) is 23.9 Å². The Balaban J connectivity index is 1.61. The number of anilines is 1. The van der Waals surface area contributed by atoms with Crippen molar-refractivity contribution in [2.24, 2.45) is 0 Å². The van der Waals surface area contributed by atoms with Crippen molar-refractivity contribution < 1.29 is 32.8 Å². The number of phosphoric ester groups is 1. The smallest absolute Gasteiger partial charge is 0.407 e. The number of fused-ring (bicyclic) bond motifs is 1. The molecular formula is C36H44N5O8PSi. The zero-order valence-electron chi connectivity index (χ0n) is 29.4. The van der Waals surface area contributed by atoms with Crippen LogP contribution in [-0.4, -0.2) is 62.5 Å². The summed E-state index contributed by atoms with van der Waals surface area (Å²) in [5.41, 5.74) is 7.83. The van der Waals surface area contributed by atoms with Crippen molar-refractivity contribution in [3.63, 3.8) is 0 Å². The van der Waals surface area contributed by atoms with Gasteiger partial charge in [0.15, 0.2) is 25.7 Å². The Kier molecular flexibility index (Phi) is 10.0. The minimum Gasteiger partial charge on any atom is -0.407 e. The van der Waals surface area contributed by atoms with E-state index in [1.165, 1.54) is 6.33 Å². The number of imidazole rings is 1. The Labute approximate surface area is 297 Å². The van der Waals surface area contributed by atoms with Crippen LogP contribution in [0.2, 0.25) is 18.1 Å². The Morgan fingerprint density at radius 2 is 1.51 bits per heavy atom. The van der Waals surface area contributed by atoms with Gasteiger partial charge in [0, 0.05) is 0 Å². The summed E-state index contributed by atoms with van der Waals surface area (Å²) in [7, 11) is -7.62. The first-order valence-corrected chi connectivity index (χ1v) is 21.1. The van der Waals surface area contributed by atoms with Gasteiger partial charge in [0.2, 0.25) is 5.95 Å². The van der Waals surface area contributed by atoms with E-state index in [0.29, 0.717) is 0 Å². The predicted octanol–water partition coefficient (Wildman–Crippen LogP) is 5.78. The minimum atomic E-state index is -4.96. The number of rotatable bonds is 11. The van der Waals surface area contributed by atoms with Gasteiger partial charge in [-0.25, -0.2) is 9.55 Å². The van der Waals surface area contributed by atoms with E-state index in [0.717, 1.165) is 22.3 Å². The molecule has 5 N–H and O–H groups in total. The van der Waals surface area contributed by atoms with Crippen molar-refractivity contribution in [1.82, 2.24) is 19.5 Å². The number of ether oxygens (including phenoxy) is 2. The molecule has 0 saturated carbocycles. The quantitative estimate of drug-likeness (QED) is 0.0733.